The van der Waals surface area contributed by atoms with Crippen molar-refractivity contribution >= 4 is 0 Å². The number of hydrogen-bond acceptors (Lipinski definition) is 3. The van der Waals surface area contributed by atoms with Gasteiger partial charge in [0, 0.05) is 19.2 Å². The summed E-state index contributed by atoms with van der Waals surface area (Å²) in [5.74, 6) is 1.82. The average molecular weight is 231 g/mol. The molecule has 4 heteroatoms. The smallest absolute Gasteiger partial charge is 0.139 e. The van der Waals surface area contributed by atoms with E-state index in [1.807, 2.05) is 36.9 Å². The van der Waals surface area contributed by atoms with Crippen LogP contribution in [-0.2, 0) is 13.6 Å². The number of nitrogens with two attached hydrogens (primary N) is 1. The minimum atomic E-state index is 0.499. The van der Waals surface area contributed by atoms with Gasteiger partial charge in [0.25, 0.3) is 0 Å². The van der Waals surface area contributed by atoms with E-state index in [0.29, 0.717) is 6.54 Å². The van der Waals surface area contributed by atoms with Gasteiger partial charge in [0.15, 0.2) is 0 Å². The minimum absolute atomic E-state index is 0.499. The second kappa shape index (κ2) is 4.59. The van der Waals surface area contributed by atoms with Crippen LogP contribution >= 0.6 is 0 Å². The van der Waals surface area contributed by atoms with Crippen LogP contribution in [0.2, 0.25) is 0 Å². The number of benzene rings is 1. The lowest BCUT2D eigenvalue weighted by Gasteiger charge is -2.08. The van der Waals surface area contributed by atoms with Crippen molar-refractivity contribution in [2.24, 2.45) is 12.8 Å². The number of hydrogen-bond donors (Lipinski definition) is 1. The number of rotatable bonds is 3. The predicted molar refractivity (Wildman–Crippen MR) is 67.8 cm³/mol. The maximum Gasteiger partial charge on any atom is 0.139 e. The van der Waals surface area contributed by atoms with E-state index in [1.54, 1.807) is 7.11 Å². The Kier molecular flexibility index (Phi) is 3.15. The van der Waals surface area contributed by atoms with Gasteiger partial charge in [0.2, 0.25) is 0 Å². The highest BCUT2D eigenvalue weighted by atomic mass is 16.5. The van der Waals surface area contributed by atoms with E-state index in [1.165, 1.54) is 0 Å². The summed E-state index contributed by atoms with van der Waals surface area (Å²) in [6.07, 6.45) is 1.81. The van der Waals surface area contributed by atoms with Crippen LogP contribution in [0.25, 0.3) is 11.4 Å². The number of methoxy groups -OCH3 is 1. The average Bonchev–Trinajstić information content (AvgIpc) is 2.70. The maximum absolute atomic E-state index is 5.64. The van der Waals surface area contributed by atoms with E-state index in [-0.39, 0.29) is 0 Å². The third kappa shape index (κ3) is 2.03. The summed E-state index contributed by atoms with van der Waals surface area (Å²) in [7, 11) is 3.65. The Morgan fingerprint density at radius 1 is 1.41 bits per heavy atom. The quantitative estimate of drug-likeness (QED) is 0.877. The first-order valence-corrected chi connectivity index (χ1v) is 5.53. The Morgan fingerprint density at radius 2 is 2.18 bits per heavy atom. The molecule has 0 fully saturated rings. The highest BCUT2D eigenvalue weighted by Crippen LogP contribution is 2.25. The Labute approximate surface area is 101 Å². The lowest BCUT2D eigenvalue weighted by atomic mass is 10.1. The van der Waals surface area contributed by atoms with Gasteiger partial charge in [-0.3, -0.25) is 0 Å². The van der Waals surface area contributed by atoms with Crippen LogP contribution in [0.4, 0.5) is 0 Å². The number of imidazole rings is 1. The molecule has 0 atom stereocenters. The summed E-state index contributed by atoms with van der Waals surface area (Å²) in [4.78, 5) is 4.40. The topological polar surface area (TPSA) is 53.1 Å². The Bertz CT molecular complexity index is 531. The zero-order valence-electron chi connectivity index (χ0n) is 10.4. The molecule has 0 bridgehead atoms. The van der Waals surface area contributed by atoms with Gasteiger partial charge in [0.05, 0.1) is 19.0 Å². The normalized spacial score (nSPS) is 10.6. The fourth-order valence-corrected chi connectivity index (χ4v) is 1.92. The van der Waals surface area contributed by atoms with Crippen molar-refractivity contribution < 1.29 is 4.74 Å². The molecule has 1 heterocycles. The summed E-state index contributed by atoms with van der Waals surface area (Å²) in [6.45, 7) is 2.52. The van der Waals surface area contributed by atoms with Gasteiger partial charge >= 0.3 is 0 Å². The van der Waals surface area contributed by atoms with Crippen LogP contribution in [0.1, 0.15) is 11.3 Å². The van der Waals surface area contributed by atoms with Crippen LogP contribution in [0, 0.1) is 6.92 Å². The van der Waals surface area contributed by atoms with Gasteiger partial charge in [-0.25, -0.2) is 4.98 Å². The van der Waals surface area contributed by atoms with Gasteiger partial charge < -0.3 is 15.0 Å². The zero-order chi connectivity index (χ0) is 12.4. The van der Waals surface area contributed by atoms with Gasteiger partial charge in [-0.05, 0) is 30.7 Å². The molecule has 2 N–H and O–H groups in total. The molecule has 2 rings (SSSR count). The largest absolute Gasteiger partial charge is 0.496 e. The Balaban J connectivity index is 2.46. The van der Waals surface area contributed by atoms with Crippen molar-refractivity contribution in [3.63, 3.8) is 0 Å². The fourth-order valence-electron chi connectivity index (χ4n) is 1.92. The molecule has 0 unspecified atom stereocenters. The molecular formula is C13H17N3O. The molecular weight excluding hydrogens is 214 g/mol. The molecule has 2 aromatic rings. The summed E-state index contributed by atoms with van der Waals surface area (Å²) in [5.41, 5.74) is 8.83. The lowest BCUT2D eigenvalue weighted by molar-refractivity contribution is 0.412. The van der Waals surface area contributed by atoms with Crippen molar-refractivity contribution in [2.75, 3.05) is 7.11 Å². The Hall–Kier alpha value is -1.81. The van der Waals surface area contributed by atoms with Gasteiger partial charge in [0.1, 0.15) is 11.6 Å². The van der Waals surface area contributed by atoms with Crippen LogP contribution in [0.5, 0.6) is 5.75 Å². The van der Waals surface area contributed by atoms with Crippen LogP contribution < -0.4 is 10.5 Å². The van der Waals surface area contributed by atoms with Crippen molar-refractivity contribution in [1.29, 1.82) is 0 Å². The fraction of sp³-hybridized carbons (Fsp3) is 0.308. The molecule has 0 aliphatic heterocycles. The van der Waals surface area contributed by atoms with Crippen molar-refractivity contribution in [2.45, 2.75) is 13.5 Å². The first-order valence-electron chi connectivity index (χ1n) is 5.53. The van der Waals surface area contributed by atoms with Gasteiger partial charge in [-0.2, -0.15) is 0 Å². The van der Waals surface area contributed by atoms with E-state index in [4.69, 9.17) is 10.5 Å². The first kappa shape index (κ1) is 11.7. The van der Waals surface area contributed by atoms with Crippen molar-refractivity contribution in [3.8, 4) is 17.1 Å². The molecule has 0 saturated heterocycles. The summed E-state index contributed by atoms with van der Waals surface area (Å²) >= 11 is 0. The SMILES string of the molecule is COc1ccc(-c2ncc(CN)n2C)cc1C. The number of ether oxygens (including phenoxy) is 1. The molecule has 0 amide bonds. The summed E-state index contributed by atoms with van der Waals surface area (Å²) < 4.78 is 7.26. The van der Waals surface area contributed by atoms with Crippen LogP contribution in [0.15, 0.2) is 24.4 Å². The first-order chi connectivity index (χ1) is 8.17. The highest BCUT2D eigenvalue weighted by molar-refractivity contribution is 5.59. The van der Waals surface area contributed by atoms with Gasteiger partial charge in [-0.15, -0.1) is 0 Å². The molecule has 1 aromatic heterocycles. The number of aromatic nitrogens is 2. The molecule has 0 saturated carbocycles. The van der Waals surface area contributed by atoms with E-state index >= 15 is 0 Å². The van der Waals surface area contributed by atoms with Crippen molar-refractivity contribution in [1.82, 2.24) is 9.55 Å². The highest BCUT2D eigenvalue weighted by Gasteiger charge is 2.09. The van der Waals surface area contributed by atoms with Gasteiger partial charge in [-0.1, -0.05) is 0 Å². The summed E-state index contributed by atoms with van der Waals surface area (Å²) in [5, 5.41) is 0. The lowest BCUT2D eigenvalue weighted by Crippen LogP contribution is -2.04. The third-order valence-electron chi connectivity index (χ3n) is 2.95. The van der Waals surface area contributed by atoms with Crippen molar-refractivity contribution in [3.05, 3.63) is 35.7 Å². The van der Waals surface area contributed by atoms with E-state index in [0.717, 1.165) is 28.4 Å². The number of nitrogens with zero attached hydrogens (tertiary/aromatic N) is 2. The van der Waals surface area contributed by atoms with E-state index < -0.39 is 0 Å². The molecule has 4 nitrogen and oxygen atoms in total. The van der Waals surface area contributed by atoms with E-state index in [9.17, 15) is 0 Å². The molecule has 0 aliphatic carbocycles. The Morgan fingerprint density at radius 3 is 2.71 bits per heavy atom. The van der Waals surface area contributed by atoms with Crippen LogP contribution in [0.3, 0.4) is 0 Å². The minimum Gasteiger partial charge on any atom is -0.496 e. The predicted octanol–water partition coefficient (Wildman–Crippen LogP) is 1.86. The second-order valence-electron chi connectivity index (χ2n) is 4.02. The molecule has 1 aromatic carbocycles. The molecule has 90 valence electrons. The molecule has 0 radical (unpaired) electrons. The standard InChI is InChI=1S/C13H17N3O/c1-9-6-10(4-5-12(9)17-3)13-15-8-11(7-14)16(13)2/h4-6,8H,7,14H2,1-3H3. The molecule has 0 aliphatic rings. The van der Waals surface area contributed by atoms with E-state index in [2.05, 4.69) is 11.1 Å². The molecule has 17 heavy (non-hydrogen) atoms. The second-order valence-corrected chi connectivity index (χ2v) is 4.02. The third-order valence-corrected chi connectivity index (χ3v) is 2.95. The summed E-state index contributed by atoms with van der Waals surface area (Å²) in [6, 6.07) is 6.04. The number of aryl methyl sites for hydroxylation is 1. The monoisotopic (exact) mass is 231 g/mol. The zero-order valence-corrected chi connectivity index (χ0v) is 10.4. The van der Waals surface area contributed by atoms with Crippen LogP contribution in [-0.4, -0.2) is 16.7 Å². The maximum atomic E-state index is 5.64. The molecule has 0 spiro atoms.